The molecule has 82 valence electrons. The van der Waals surface area contributed by atoms with Crippen LogP contribution in [0, 0.1) is 0 Å². The lowest BCUT2D eigenvalue weighted by Gasteiger charge is -1.96. The molecule has 1 aliphatic carbocycles. The standard InChI is InChI=1S/C14H8O2S/c15-13-11-6-2-1-5-10(11)12(14(13)16)8-9-4-3-7-17-9/h1-8H/b12-8-. The number of carbonyl (C=O) groups excluding carboxylic acids is 2. The molecule has 1 aliphatic rings. The summed E-state index contributed by atoms with van der Waals surface area (Å²) in [4.78, 5) is 24.6. The van der Waals surface area contributed by atoms with Crippen molar-refractivity contribution in [1.82, 2.24) is 0 Å². The highest BCUT2D eigenvalue weighted by Gasteiger charge is 2.32. The summed E-state index contributed by atoms with van der Waals surface area (Å²) in [6.45, 7) is 0. The van der Waals surface area contributed by atoms with Gasteiger partial charge < -0.3 is 0 Å². The number of ketones is 2. The molecule has 17 heavy (non-hydrogen) atoms. The number of Topliss-reactive ketones (excluding diaryl/α,β-unsaturated/α-hetero) is 2. The van der Waals surface area contributed by atoms with Gasteiger partial charge >= 0.3 is 0 Å². The first-order valence-corrected chi connectivity index (χ1v) is 6.09. The van der Waals surface area contributed by atoms with Crippen molar-refractivity contribution in [3.63, 3.8) is 0 Å². The number of benzene rings is 1. The van der Waals surface area contributed by atoms with Gasteiger partial charge in [-0.25, -0.2) is 0 Å². The van der Waals surface area contributed by atoms with E-state index in [0.717, 1.165) is 10.4 Å². The molecule has 0 atom stereocenters. The van der Waals surface area contributed by atoms with Crippen molar-refractivity contribution < 1.29 is 9.59 Å². The minimum atomic E-state index is -0.403. The Labute approximate surface area is 102 Å². The lowest BCUT2D eigenvalue weighted by molar-refractivity contribution is -0.109. The lowest BCUT2D eigenvalue weighted by Crippen LogP contribution is -2.05. The van der Waals surface area contributed by atoms with Crippen molar-refractivity contribution in [2.24, 2.45) is 0 Å². The van der Waals surface area contributed by atoms with E-state index in [-0.39, 0.29) is 0 Å². The molecule has 3 rings (SSSR count). The van der Waals surface area contributed by atoms with E-state index in [9.17, 15) is 9.59 Å². The van der Waals surface area contributed by atoms with Gasteiger partial charge in [-0.3, -0.25) is 9.59 Å². The summed E-state index contributed by atoms with van der Waals surface area (Å²) in [6.07, 6.45) is 1.79. The third kappa shape index (κ3) is 1.56. The Hall–Kier alpha value is -2.00. The zero-order valence-electron chi connectivity index (χ0n) is 8.84. The number of rotatable bonds is 1. The molecular formula is C14H8O2S. The van der Waals surface area contributed by atoms with E-state index >= 15 is 0 Å². The predicted molar refractivity (Wildman–Crippen MR) is 68.0 cm³/mol. The van der Waals surface area contributed by atoms with Crippen LogP contribution in [0.4, 0.5) is 0 Å². The molecule has 0 unspecified atom stereocenters. The topological polar surface area (TPSA) is 34.1 Å². The number of hydrogen-bond acceptors (Lipinski definition) is 3. The molecule has 2 nitrogen and oxygen atoms in total. The Morgan fingerprint density at radius 2 is 1.65 bits per heavy atom. The molecule has 3 heteroatoms. The van der Waals surface area contributed by atoms with Crippen LogP contribution in [0.3, 0.4) is 0 Å². The zero-order valence-corrected chi connectivity index (χ0v) is 9.66. The van der Waals surface area contributed by atoms with E-state index in [1.54, 1.807) is 29.5 Å². The molecule has 0 fully saturated rings. The molecular weight excluding hydrogens is 232 g/mol. The largest absolute Gasteiger partial charge is 0.285 e. The van der Waals surface area contributed by atoms with Crippen LogP contribution in [0.2, 0.25) is 0 Å². The molecule has 0 aliphatic heterocycles. The van der Waals surface area contributed by atoms with Crippen LogP contribution in [0.5, 0.6) is 0 Å². The molecule has 0 N–H and O–H groups in total. The Kier molecular flexibility index (Phi) is 2.27. The van der Waals surface area contributed by atoms with Crippen LogP contribution >= 0.6 is 11.3 Å². The Bertz CT molecular complexity index is 636. The summed E-state index contributed by atoms with van der Waals surface area (Å²) in [5.74, 6) is -0.803. The zero-order chi connectivity index (χ0) is 11.8. The van der Waals surface area contributed by atoms with Gasteiger partial charge in [0.25, 0.3) is 0 Å². The first-order valence-electron chi connectivity index (χ1n) is 5.21. The van der Waals surface area contributed by atoms with Gasteiger partial charge in [-0.15, -0.1) is 11.3 Å². The monoisotopic (exact) mass is 240 g/mol. The molecule has 1 heterocycles. The maximum atomic E-state index is 11.9. The summed E-state index contributed by atoms with van der Waals surface area (Å²) < 4.78 is 0. The molecule has 0 radical (unpaired) electrons. The highest BCUT2D eigenvalue weighted by Crippen LogP contribution is 2.31. The van der Waals surface area contributed by atoms with Crippen LogP contribution in [-0.4, -0.2) is 11.6 Å². The molecule has 0 amide bonds. The van der Waals surface area contributed by atoms with Crippen LogP contribution in [-0.2, 0) is 4.79 Å². The van der Waals surface area contributed by atoms with Gasteiger partial charge in [-0.05, 0) is 23.1 Å². The summed E-state index contributed by atoms with van der Waals surface area (Å²) >= 11 is 1.55. The summed E-state index contributed by atoms with van der Waals surface area (Å²) in [5.41, 5.74) is 1.77. The predicted octanol–water partition coefficient (Wildman–Crippen LogP) is 3.05. The fourth-order valence-electron chi connectivity index (χ4n) is 1.94. The van der Waals surface area contributed by atoms with E-state index < -0.39 is 11.6 Å². The van der Waals surface area contributed by atoms with Crippen molar-refractivity contribution in [1.29, 1.82) is 0 Å². The van der Waals surface area contributed by atoms with Crippen molar-refractivity contribution in [3.05, 3.63) is 57.8 Å². The van der Waals surface area contributed by atoms with Gasteiger partial charge in [-0.1, -0.05) is 30.3 Å². The average Bonchev–Trinajstić information content (AvgIpc) is 2.94. The summed E-state index contributed by atoms with van der Waals surface area (Å²) in [5, 5.41) is 1.94. The van der Waals surface area contributed by atoms with Gasteiger partial charge in [0, 0.05) is 16.0 Å². The average molecular weight is 240 g/mol. The second kappa shape index (κ2) is 3.79. The maximum Gasteiger partial charge on any atom is 0.234 e. The number of thiophene rings is 1. The highest BCUT2D eigenvalue weighted by atomic mass is 32.1. The van der Waals surface area contributed by atoms with Gasteiger partial charge in [0.15, 0.2) is 0 Å². The molecule has 1 aromatic carbocycles. The number of carbonyl (C=O) groups is 2. The molecule has 1 aromatic heterocycles. The first kappa shape index (κ1) is 10.2. The van der Waals surface area contributed by atoms with Gasteiger partial charge in [-0.2, -0.15) is 0 Å². The maximum absolute atomic E-state index is 11.9. The van der Waals surface area contributed by atoms with Gasteiger partial charge in [0.1, 0.15) is 0 Å². The van der Waals surface area contributed by atoms with E-state index in [1.165, 1.54) is 0 Å². The van der Waals surface area contributed by atoms with E-state index in [0.29, 0.717) is 11.1 Å². The number of allylic oxidation sites excluding steroid dienone is 1. The van der Waals surface area contributed by atoms with Crippen molar-refractivity contribution in [3.8, 4) is 0 Å². The minimum Gasteiger partial charge on any atom is -0.285 e. The van der Waals surface area contributed by atoms with Crippen molar-refractivity contribution in [2.45, 2.75) is 0 Å². The molecule has 0 spiro atoms. The quantitative estimate of drug-likeness (QED) is 0.567. The smallest absolute Gasteiger partial charge is 0.234 e. The Morgan fingerprint density at radius 1 is 0.882 bits per heavy atom. The van der Waals surface area contributed by atoms with Gasteiger partial charge in [0.05, 0.1) is 0 Å². The summed E-state index contributed by atoms with van der Waals surface area (Å²) in [6, 6.07) is 11.0. The lowest BCUT2D eigenvalue weighted by atomic mass is 10.1. The molecule has 2 aromatic rings. The summed E-state index contributed by atoms with van der Waals surface area (Å²) in [7, 11) is 0. The van der Waals surface area contributed by atoms with Crippen LogP contribution in [0.15, 0.2) is 41.8 Å². The van der Waals surface area contributed by atoms with E-state index in [1.807, 2.05) is 29.6 Å². The first-order chi connectivity index (χ1) is 8.27. The fraction of sp³-hybridized carbons (Fsp3) is 0. The second-order valence-electron chi connectivity index (χ2n) is 3.78. The van der Waals surface area contributed by atoms with E-state index in [4.69, 9.17) is 0 Å². The third-order valence-corrected chi connectivity index (χ3v) is 3.56. The van der Waals surface area contributed by atoms with Crippen molar-refractivity contribution in [2.75, 3.05) is 0 Å². The molecule has 0 saturated heterocycles. The molecule has 0 saturated carbocycles. The highest BCUT2D eigenvalue weighted by molar-refractivity contribution is 7.11. The second-order valence-corrected chi connectivity index (χ2v) is 4.76. The Morgan fingerprint density at radius 3 is 2.35 bits per heavy atom. The van der Waals surface area contributed by atoms with Gasteiger partial charge in [0.2, 0.25) is 11.6 Å². The van der Waals surface area contributed by atoms with Crippen LogP contribution in [0.25, 0.3) is 11.6 Å². The molecule has 0 bridgehead atoms. The van der Waals surface area contributed by atoms with E-state index in [2.05, 4.69) is 0 Å². The van der Waals surface area contributed by atoms with Crippen molar-refractivity contribution >= 4 is 34.6 Å². The number of fused-ring (bicyclic) bond motifs is 1. The van der Waals surface area contributed by atoms with Crippen LogP contribution < -0.4 is 0 Å². The third-order valence-electron chi connectivity index (χ3n) is 2.74. The number of hydrogen-bond donors (Lipinski definition) is 0. The Balaban J connectivity index is 2.19. The SMILES string of the molecule is O=C1C(=O)c2ccccc2/C1=C/c1cccs1. The fourth-order valence-corrected chi connectivity index (χ4v) is 2.60. The minimum absolute atomic E-state index is 0.400. The normalized spacial score (nSPS) is 16.6. The van der Waals surface area contributed by atoms with Crippen LogP contribution in [0.1, 0.15) is 20.8 Å².